The zero-order chi connectivity index (χ0) is 17.5. The monoisotopic (exact) mass is 341 g/mol. The predicted molar refractivity (Wildman–Crippen MR) is 94.4 cm³/mol. The summed E-state index contributed by atoms with van der Waals surface area (Å²) in [5.41, 5.74) is 1.64. The Bertz CT molecular complexity index is 672. The standard InChI is InChI=1S/C18H23N5O2/c1-23(9-6-14-4-7-19-8-5-14)17(24)15-11-20-18(21-12-15)22-13-16-3-2-10-25-16/h4-5,7-8,11-12,16H,2-3,6,9-10,13H2,1H3,(H,20,21,22). The molecule has 1 unspecified atom stereocenters. The van der Waals surface area contributed by atoms with Crippen molar-refractivity contribution in [1.82, 2.24) is 19.9 Å². The SMILES string of the molecule is CN(CCc1ccncc1)C(=O)c1cnc(NCC2CCCO2)nc1. The summed E-state index contributed by atoms with van der Waals surface area (Å²) in [5.74, 6) is 0.436. The lowest BCUT2D eigenvalue weighted by molar-refractivity contribution is 0.0795. The van der Waals surface area contributed by atoms with Gasteiger partial charge in [0.25, 0.3) is 5.91 Å². The maximum atomic E-state index is 12.4. The molecule has 0 aliphatic carbocycles. The normalized spacial score (nSPS) is 16.6. The fourth-order valence-corrected chi connectivity index (χ4v) is 2.71. The van der Waals surface area contributed by atoms with Crippen LogP contribution in [0.15, 0.2) is 36.9 Å². The molecule has 2 aromatic heterocycles. The van der Waals surface area contributed by atoms with Crippen molar-refractivity contribution in [2.45, 2.75) is 25.4 Å². The third kappa shape index (κ3) is 4.96. The second kappa shape index (κ2) is 8.53. The zero-order valence-corrected chi connectivity index (χ0v) is 14.4. The predicted octanol–water partition coefficient (Wildman–Crippen LogP) is 1.78. The largest absolute Gasteiger partial charge is 0.376 e. The van der Waals surface area contributed by atoms with E-state index in [1.165, 1.54) is 0 Å². The summed E-state index contributed by atoms with van der Waals surface area (Å²) in [6.45, 7) is 2.15. The van der Waals surface area contributed by atoms with Crippen LogP contribution in [0.3, 0.4) is 0 Å². The van der Waals surface area contributed by atoms with Crippen LogP contribution in [0.25, 0.3) is 0 Å². The van der Waals surface area contributed by atoms with E-state index in [0.29, 0.717) is 24.6 Å². The molecule has 1 amide bonds. The van der Waals surface area contributed by atoms with Gasteiger partial charge in [0.15, 0.2) is 0 Å². The van der Waals surface area contributed by atoms with Crippen LogP contribution in [0, 0.1) is 0 Å². The van der Waals surface area contributed by atoms with E-state index in [2.05, 4.69) is 20.3 Å². The van der Waals surface area contributed by atoms with Crippen LogP contribution in [-0.2, 0) is 11.2 Å². The molecule has 1 saturated heterocycles. The Hall–Kier alpha value is -2.54. The van der Waals surface area contributed by atoms with Gasteiger partial charge in [-0.05, 0) is 37.0 Å². The summed E-state index contributed by atoms with van der Waals surface area (Å²) in [6, 6.07) is 3.91. The third-order valence-electron chi connectivity index (χ3n) is 4.24. The minimum atomic E-state index is -0.0836. The molecule has 3 rings (SSSR count). The molecule has 0 bridgehead atoms. The quantitative estimate of drug-likeness (QED) is 0.827. The van der Waals surface area contributed by atoms with Crippen LogP contribution in [0.2, 0.25) is 0 Å². The van der Waals surface area contributed by atoms with Crippen LogP contribution in [0.5, 0.6) is 0 Å². The molecular weight excluding hydrogens is 318 g/mol. The Morgan fingerprint density at radius 1 is 1.32 bits per heavy atom. The van der Waals surface area contributed by atoms with Gasteiger partial charge in [-0.15, -0.1) is 0 Å². The van der Waals surface area contributed by atoms with Gasteiger partial charge in [0.2, 0.25) is 5.95 Å². The van der Waals surface area contributed by atoms with E-state index >= 15 is 0 Å². The van der Waals surface area contributed by atoms with Gasteiger partial charge < -0.3 is 15.0 Å². The Morgan fingerprint density at radius 3 is 2.76 bits per heavy atom. The second-order valence-electron chi connectivity index (χ2n) is 6.14. The maximum Gasteiger partial charge on any atom is 0.256 e. The highest BCUT2D eigenvalue weighted by molar-refractivity contribution is 5.93. The smallest absolute Gasteiger partial charge is 0.256 e. The van der Waals surface area contributed by atoms with E-state index in [-0.39, 0.29) is 12.0 Å². The summed E-state index contributed by atoms with van der Waals surface area (Å²) in [4.78, 5) is 26.6. The number of hydrogen-bond donors (Lipinski definition) is 1. The van der Waals surface area contributed by atoms with Gasteiger partial charge in [0.05, 0.1) is 11.7 Å². The first kappa shape index (κ1) is 17.3. The summed E-state index contributed by atoms with van der Waals surface area (Å²) >= 11 is 0. The Kier molecular flexibility index (Phi) is 5.90. The van der Waals surface area contributed by atoms with Crippen molar-refractivity contribution >= 4 is 11.9 Å². The van der Waals surface area contributed by atoms with Crippen molar-refractivity contribution in [3.63, 3.8) is 0 Å². The van der Waals surface area contributed by atoms with Crippen molar-refractivity contribution in [3.05, 3.63) is 48.0 Å². The molecule has 1 fully saturated rings. The van der Waals surface area contributed by atoms with Crippen molar-refractivity contribution in [2.75, 3.05) is 32.1 Å². The highest BCUT2D eigenvalue weighted by Gasteiger charge is 2.16. The van der Waals surface area contributed by atoms with Crippen molar-refractivity contribution in [1.29, 1.82) is 0 Å². The average Bonchev–Trinajstić information content (AvgIpc) is 3.19. The summed E-state index contributed by atoms with van der Waals surface area (Å²) in [6.07, 6.45) is 9.82. The van der Waals surface area contributed by atoms with Crippen LogP contribution >= 0.6 is 0 Å². The number of pyridine rings is 1. The maximum absolute atomic E-state index is 12.4. The molecule has 1 N–H and O–H groups in total. The Labute approximate surface area is 147 Å². The molecule has 0 radical (unpaired) electrons. The van der Waals surface area contributed by atoms with Gasteiger partial charge in [0, 0.05) is 51.5 Å². The first-order valence-electron chi connectivity index (χ1n) is 8.54. The van der Waals surface area contributed by atoms with Gasteiger partial charge in [-0.2, -0.15) is 0 Å². The molecule has 1 aliphatic heterocycles. The molecule has 7 heteroatoms. The fourth-order valence-electron chi connectivity index (χ4n) is 2.71. The fraction of sp³-hybridized carbons (Fsp3) is 0.444. The van der Waals surface area contributed by atoms with Gasteiger partial charge in [-0.3, -0.25) is 9.78 Å². The molecule has 0 saturated carbocycles. The van der Waals surface area contributed by atoms with E-state index in [0.717, 1.165) is 31.4 Å². The van der Waals surface area contributed by atoms with Gasteiger partial charge in [-0.1, -0.05) is 0 Å². The van der Waals surface area contributed by atoms with E-state index in [9.17, 15) is 4.79 Å². The van der Waals surface area contributed by atoms with Crippen molar-refractivity contribution < 1.29 is 9.53 Å². The lowest BCUT2D eigenvalue weighted by Crippen LogP contribution is -2.29. The first-order valence-corrected chi connectivity index (χ1v) is 8.54. The summed E-state index contributed by atoms with van der Waals surface area (Å²) in [5, 5.41) is 3.15. The number of ether oxygens (including phenoxy) is 1. The number of likely N-dealkylation sites (N-methyl/N-ethyl adjacent to an activating group) is 1. The summed E-state index contributed by atoms with van der Waals surface area (Å²) < 4.78 is 5.55. The van der Waals surface area contributed by atoms with E-state index in [1.807, 2.05) is 12.1 Å². The number of carbonyl (C=O) groups is 1. The average molecular weight is 341 g/mol. The van der Waals surface area contributed by atoms with Crippen LogP contribution in [0.4, 0.5) is 5.95 Å². The molecule has 7 nitrogen and oxygen atoms in total. The minimum absolute atomic E-state index is 0.0836. The molecule has 25 heavy (non-hydrogen) atoms. The van der Waals surface area contributed by atoms with Gasteiger partial charge in [0.1, 0.15) is 0 Å². The van der Waals surface area contributed by atoms with Crippen LogP contribution in [0.1, 0.15) is 28.8 Å². The second-order valence-corrected chi connectivity index (χ2v) is 6.14. The number of aromatic nitrogens is 3. The molecule has 132 valence electrons. The highest BCUT2D eigenvalue weighted by Crippen LogP contribution is 2.12. The lowest BCUT2D eigenvalue weighted by atomic mass is 10.2. The number of nitrogens with zero attached hydrogens (tertiary/aromatic N) is 4. The molecule has 2 aromatic rings. The molecule has 1 atom stereocenters. The van der Waals surface area contributed by atoms with Crippen molar-refractivity contribution in [3.8, 4) is 0 Å². The molecule has 0 aromatic carbocycles. The molecule has 1 aliphatic rings. The highest BCUT2D eigenvalue weighted by atomic mass is 16.5. The topological polar surface area (TPSA) is 80.2 Å². The molecule has 0 spiro atoms. The lowest BCUT2D eigenvalue weighted by Gasteiger charge is -2.17. The number of nitrogens with one attached hydrogen (secondary N) is 1. The molecular formula is C18H23N5O2. The van der Waals surface area contributed by atoms with E-state index in [1.54, 1.807) is 36.7 Å². The number of rotatable bonds is 7. The Morgan fingerprint density at radius 2 is 2.08 bits per heavy atom. The van der Waals surface area contributed by atoms with Crippen LogP contribution in [-0.4, -0.2) is 58.6 Å². The Balaban J connectivity index is 1.49. The van der Waals surface area contributed by atoms with E-state index < -0.39 is 0 Å². The number of amides is 1. The minimum Gasteiger partial charge on any atom is -0.376 e. The number of hydrogen-bond acceptors (Lipinski definition) is 6. The van der Waals surface area contributed by atoms with E-state index in [4.69, 9.17) is 4.74 Å². The van der Waals surface area contributed by atoms with Crippen LogP contribution < -0.4 is 5.32 Å². The third-order valence-corrected chi connectivity index (χ3v) is 4.24. The number of anilines is 1. The van der Waals surface area contributed by atoms with Gasteiger partial charge >= 0.3 is 0 Å². The number of carbonyl (C=O) groups excluding carboxylic acids is 1. The summed E-state index contributed by atoms with van der Waals surface area (Å²) in [7, 11) is 1.78. The zero-order valence-electron chi connectivity index (χ0n) is 14.4. The first-order chi connectivity index (χ1) is 12.2. The van der Waals surface area contributed by atoms with Crippen molar-refractivity contribution in [2.24, 2.45) is 0 Å². The van der Waals surface area contributed by atoms with Gasteiger partial charge in [-0.25, -0.2) is 9.97 Å². The molecule has 3 heterocycles.